The number of anilines is 12. The zero-order chi connectivity index (χ0) is 91.2. The number of fused-ring (bicyclic) bond motifs is 14. The van der Waals surface area contributed by atoms with Gasteiger partial charge in [0.1, 0.15) is 11.2 Å². The van der Waals surface area contributed by atoms with Crippen LogP contribution in [0.25, 0.3) is 66.4 Å². The van der Waals surface area contributed by atoms with Crippen LogP contribution in [-0.4, -0.2) is 13.4 Å². The minimum Gasteiger partial charge on any atom is -0.468 e. The van der Waals surface area contributed by atoms with Gasteiger partial charge in [0.15, 0.2) is 0 Å². The predicted molar refractivity (Wildman–Crippen MR) is 560 cm³/mol. The SMILES string of the molecule is Cc1cc(-c2ccccc2)c(N2c3ccc(C(C)(C)Cc4cccc(-c5cccc(-c6ccccc6)c5N5c6ccc(C(C)(C)C)cc6B6c7oc8cc9c(cc8c7N(c7ccc(C(C)(C)C)cc7)c7cc(C)cc5c76)C(C)(C)CCC9(C)C)c4)cc3B3c4oc5cc6c(cc5c4N(c4ccc(C(C)(C)C)cc4)c4cc(C)cc2c43)C(C)(C)CCC6(C)C)c(-c2ccccc2)c1. The number of benzene rings is 14. The van der Waals surface area contributed by atoms with Crippen LogP contribution in [0.3, 0.4) is 0 Å². The van der Waals surface area contributed by atoms with Crippen molar-refractivity contribution in [1.82, 2.24) is 0 Å². The van der Waals surface area contributed by atoms with Gasteiger partial charge in [-0.1, -0.05) is 314 Å². The molecule has 2 aromatic heterocycles. The molecular weight excluding hydrogens is 1590 g/mol. The summed E-state index contributed by atoms with van der Waals surface area (Å²) < 4.78 is 15.9. The Labute approximate surface area is 778 Å². The summed E-state index contributed by atoms with van der Waals surface area (Å²) in [7, 11) is 0. The second-order valence-corrected chi connectivity index (χ2v) is 45.8. The van der Waals surface area contributed by atoms with Gasteiger partial charge in [-0.05, 0) is 304 Å². The highest BCUT2D eigenvalue weighted by Crippen LogP contribution is 2.59. The van der Waals surface area contributed by atoms with Crippen molar-refractivity contribution < 1.29 is 8.83 Å². The Bertz CT molecular complexity index is 7320. The molecule has 0 atom stereocenters. The molecule has 6 aliphatic rings. The van der Waals surface area contributed by atoms with Gasteiger partial charge < -0.3 is 28.4 Å². The third-order valence-electron chi connectivity index (χ3n) is 31.1. The molecule has 8 heteroatoms. The van der Waals surface area contributed by atoms with Gasteiger partial charge in [-0.25, -0.2) is 0 Å². The summed E-state index contributed by atoms with van der Waals surface area (Å²) in [6, 6.07) is 109. The molecule has 16 aromatic rings. The van der Waals surface area contributed by atoms with Crippen LogP contribution in [0.5, 0.6) is 0 Å². The number of furan rings is 2. The van der Waals surface area contributed by atoms with E-state index in [-0.39, 0.29) is 51.3 Å². The zero-order valence-electron chi connectivity index (χ0n) is 80.9. The van der Waals surface area contributed by atoms with E-state index < -0.39 is 5.41 Å². The van der Waals surface area contributed by atoms with E-state index in [1.165, 1.54) is 128 Å². The summed E-state index contributed by atoms with van der Waals surface area (Å²) in [5.74, 6) is 0. The van der Waals surface area contributed by atoms with Crippen molar-refractivity contribution >= 4 is 137 Å². The lowest BCUT2D eigenvalue weighted by Crippen LogP contribution is -2.61. The van der Waals surface area contributed by atoms with Gasteiger partial charge in [-0.2, -0.15) is 0 Å². The van der Waals surface area contributed by atoms with Crippen LogP contribution in [0.2, 0.25) is 0 Å². The molecule has 0 spiro atoms. The van der Waals surface area contributed by atoms with Gasteiger partial charge in [0.05, 0.1) is 34.1 Å². The molecule has 6 nitrogen and oxygen atoms in total. The fraction of sp³-hybridized carbons (Fsp3) is 0.285. The predicted octanol–water partition coefficient (Wildman–Crippen LogP) is 30.0. The minimum absolute atomic E-state index is 0.0189. The maximum absolute atomic E-state index is 7.99. The van der Waals surface area contributed by atoms with Crippen LogP contribution in [0, 0.1) is 20.8 Å². The topological polar surface area (TPSA) is 39.2 Å². The molecule has 652 valence electrons. The molecule has 131 heavy (non-hydrogen) atoms. The molecule has 0 saturated heterocycles. The first kappa shape index (κ1) is 84.1. The van der Waals surface area contributed by atoms with Gasteiger partial charge in [0, 0.05) is 78.5 Å². The molecule has 0 fully saturated rings. The Kier molecular flexibility index (Phi) is 18.9. The minimum atomic E-state index is -0.424. The first-order chi connectivity index (χ1) is 62.3. The third-order valence-corrected chi connectivity index (χ3v) is 31.1. The van der Waals surface area contributed by atoms with Gasteiger partial charge in [0.25, 0.3) is 13.4 Å². The molecule has 0 bridgehead atoms. The van der Waals surface area contributed by atoms with E-state index in [2.05, 4.69) is 451 Å². The quantitative estimate of drug-likeness (QED) is 0.120. The molecule has 0 N–H and O–H groups in total. The maximum Gasteiger partial charge on any atom is 0.297 e. The van der Waals surface area contributed by atoms with Gasteiger partial charge in [-0.15, -0.1) is 0 Å². The first-order valence-corrected chi connectivity index (χ1v) is 48.0. The number of para-hydroxylation sites is 1. The summed E-state index contributed by atoms with van der Waals surface area (Å²) in [5, 5.41) is 2.33. The van der Waals surface area contributed by atoms with Crippen LogP contribution < -0.4 is 52.8 Å². The Morgan fingerprint density at radius 1 is 0.290 bits per heavy atom. The second-order valence-electron chi connectivity index (χ2n) is 45.8. The average Bonchev–Trinajstić information content (AvgIpc) is 1.67. The summed E-state index contributed by atoms with van der Waals surface area (Å²) in [6.45, 7) is 51.9. The largest absolute Gasteiger partial charge is 0.468 e. The van der Waals surface area contributed by atoms with Crippen molar-refractivity contribution in [3.05, 3.63) is 346 Å². The Hall–Kier alpha value is -12.5. The fourth-order valence-corrected chi connectivity index (χ4v) is 23.5. The third kappa shape index (κ3) is 13.5. The normalized spacial score (nSPS) is 16.1. The van der Waals surface area contributed by atoms with Crippen LogP contribution in [-0.2, 0) is 49.7 Å². The molecule has 0 radical (unpaired) electrons. The highest BCUT2D eigenvalue weighted by Gasteiger charge is 2.52. The van der Waals surface area contributed by atoms with Crippen molar-refractivity contribution in [2.24, 2.45) is 0 Å². The lowest BCUT2D eigenvalue weighted by Gasteiger charge is -2.44. The van der Waals surface area contributed by atoms with E-state index in [9.17, 15) is 0 Å². The summed E-state index contributed by atoms with van der Waals surface area (Å²) in [5.41, 5.74) is 46.6. The summed E-state index contributed by atoms with van der Waals surface area (Å²) in [6.07, 6.45) is 5.20. The smallest absolute Gasteiger partial charge is 0.297 e. The van der Waals surface area contributed by atoms with Crippen LogP contribution in [0.1, 0.15) is 224 Å². The molecule has 0 unspecified atom stereocenters. The van der Waals surface area contributed by atoms with Crippen molar-refractivity contribution in [2.45, 2.75) is 228 Å². The van der Waals surface area contributed by atoms with Crippen LogP contribution in [0.4, 0.5) is 68.2 Å². The van der Waals surface area contributed by atoms with Gasteiger partial charge in [-0.3, -0.25) is 0 Å². The van der Waals surface area contributed by atoms with Crippen molar-refractivity contribution in [2.75, 3.05) is 19.6 Å². The molecule has 0 saturated carbocycles. The fourth-order valence-electron chi connectivity index (χ4n) is 23.5. The highest BCUT2D eigenvalue weighted by atomic mass is 16.3. The lowest BCUT2D eigenvalue weighted by atomic mass is 9.35. The molecule has 6 heterocycles. The zero-order valence-corrected chi connectivity index (χ0v) is 80.9. The summed E-state index contributed by atoms with van der Waals surface area (Å²) >= 11 is 0. The van der Waals surface area contributed by atoms with E-state index in [0.717, 1.165) is 139 Å². The molecule has 0 amide bonds. The molecule has 22 rings (SSSR count). The first-order valence-electron chi connectivity index (χ1n) is 48.0. The van der Waals surface area contributed by atoms with Crippen molar-refractivity contribution in [3.8, 4) is 44.5 Å². The number of hydrogen-bond donors (Lipinski definition) is 0. The Balaban J connectivity index is 0.743. The number of nitrogens with zero attached hydrogens (tertiary/aromatic N) is 4. The second kappa shape index (κ2) is 29.5. The van der Waals surface area contributed by atoms with E-state index in [1.54, 1.807) is 0 Å². The Morgan fingerprint density at radius 2 is 0.626 bits per heavy atom. The Morgan fingerprint density at radius 3 is 1.04 bits per heavy atom. The van der Waals surface area contributed by atoms with Crippen molar-refractivity contribution in [1.29, 1.82) is 0 Å². The van der Waals surface area contributed by atoms with Crippen molar-refractivity contribution in [3.63, 3.8) is 0 Å². The van der Waals surface area contributed by atoms with E-state index >= 15 is 0 Å². The molecule has 4 aliphatic heterocycles. The molecule has 2 aliphatic carbocycles. The number of hydrogen-bond acceptors (Lipinski definition) is 6. The highest BCUT2D eigenvalue weighted by molar-refractivity contribution is 7.00. The summed E-state index contributed by atoms with van der Waals surface area (Å²) in [4.78, 5) is 10.5. The van der Waals surface area contributed by atoms with Gasteiger partial charge in [0.2, 0.25) is 0 Å². The van der Waals surface area contributed by atoms with Crippen LogP contribution in [0.15, 0.2) is 288 Å². The van der Waals surface area contributed by atoms with E-state index in [0.29, 0.717) is 0 Å². The average molecular weight is 1710 g/mol. The lowest BCUT2D eigenvalue weighted by molar-refractivity contribution is 0.332. The number of aryl methyl sites for hydroxylation is 3. The number of rotatable bonds is 11. The molecular formula is C123H122B2N4O2. The monoisotopic (exact) mass is 1710 g/mol. The van der Waals surface area contributed by atoms with E-state index in [1.807, 2.05) is 0 Å². The van der Waals surface area contributed by atoms with E-state index in [4.69, 9.17) is 8.83 Å². The molecule has 14 aromatic carbocycles. The van der Waals surface area contributed by atoms with Crippen LogP contribution >= 0.6 is 0 Å². The van der Waals surface area contributed by atoms with Gasteiger partial charge >= 0.3 is 0 Å². The maximum atomic E-state index is 7.99. The standard InChI is InChI=1S/C123H122B2N4O2/c1-74-60-90(79-37-28-24-29-38-79)111(91(61-74)80-39-30-25-31-40-80)129-101-55-49-85(68-99(101)125-109-103(63-76(3)65-105(109)129)127(87-52-46-83(47-53-87)117(7,8)9)113-93-70-95-97(72-107(93)131-115(113)125)122(19,20)59-57-120(95,15)16)123(21,22)73-77-34-32-41-81(66-77)89-43-33-42-88(78-35-26-23-27-36-78)110(89)128-100-54-48-84(118(10,11)12)67-98(100)124-108-102(62-75(2)64-104(108)128)126(86-50-44-82(45-51-86)116(4,5)6)112-92-69-94-96(71-106(92)130-114(112)124)121(17,18)58-56-119(94,13)14/h23-55,60-72H,56-59,73H2,1-22H3.